The van der Waals surface area contributed by atoms with Gasteiger partial charge in [0.2, 0.25) is 0 Å². The van der Waals surface area contributed by atoms with Crippen molar-refractivity contribution in [3.8, 4) is 5.75 Å². The fraction of sp³-hybridized carbons (Fsp3) is 0.0833. The molecule has 3 N–H and O–H groups in total. The molecule has 0 bridgehead atoms. The summed E-state index contributed by atoms with van der Waals surface area (Å²) < 4.78 is 5.19. The van der Waals surface area contributed by atoms with E-state index >= 15 is 0 Å². The molecule has 0 aliphatic heterocycles. The number of nitrogens with two attached hydrogens (primary N) is 1. The molecule has 0 aliphatic rings. The SMILES string of the molecule is COc1ccc2nccc(/C=N/NC(N)=S)c2c1. The zero-order valence-corrected chi connectivity index (χ0v) is 10.6. The van der Waals surface area contributed by atoms with Crippen LogP contribution < -0.4 is 15.9 Å². The molecule has 1 heterocycles. The predicted molar refractivity (Wildman–Crippen MR) is 75.8 cm³/mol. The van der Waals surface area contributed by atoms with Gasteiger partial charge in [0, 0.05) is 17.1 Å². The number of benzene rings is 1. The number of nitrogens with zero attached hydrogens (tertiary/aromatic N) is 2. The predicted octanol–water partition coefficient (Wildman–Crippen LogP) is 1.41. The van der Waals surface area contributed by atoms with Crippen LogP contribution in [0.5, 0.6) is 5.75 Å². The lowest BCUT2D eigenvalue weighted by Crippen LogP contribution is -2.24. The second-order valence-corrected chi connectivity index (χ2v) is 3.96. The number of aromatic nitrogens is 1. The molecule has 1 aromatic carbocycles. The molecule has 0 atom stereocenters. The lowest BCUT2D eigenvalue weighted by molar-refractivity contribution is 0.415. The Balaban J connectivity index is 2.43. The molecule has 2 rings (SSSR count). The Morgan fingerprint density at radius 2 is 2.33 bits per heavy atom. The van der Waals surface area contributed by atoms with Crippen molar-refractivity contribution in [1.29, 1.82) is 0 Å². The number of nitrogens with one attached hydrogen (secondary N) is 1. The first-order valence-electron chi connectivity index (χ1n) is 5.22. The monoisotopic (exact) mass is 260 g/mol. The van der Waals surface area contributed by atoms with Gasteiger partial charge in [-0.3, -0.25) is 10.4 Å². The highest BCUT2D eigenvalue weighted by Crippen LogP contribution is 2.21. The van der Waals surface area contributed by atoms with Crippen LogP contribution in [0, 0.1) is 0 Å². The van der Waals surface area contributed by atoms with Crippen molar-refractivity contribution in [2.45, 2.75) is 0 Å². The van der Waals surface area contributed by atoms with Gasteiger partial charge in [0.15, 0.2) is 5.11 Å². The van der Waals surface area contributed by atoms with E-state index < -0.39 is 0 Å². The summed E-state index contributed by atoms with van der Waals surface area (Å²) in [7, 11) is 1.62. The van der Waals surface area contributed by atoms with Gasteiger partial charge >= 0.3 is 0 Å². The number of hydrogen-bond donors (Lipinski definition) is 2. The fourth-order valence-corrected chi connectivity index (χ4v) is 1.60. The summed E-state index contributed by atoms with van der Waals surface area (Å²) in [4.78, 5) is 4.27. The standard InChI is InChI=1S/C12H12N4OS/c1-17-9-2-3-11-10(6-9)8(4-5-14-11)7-15-16-12(13)18/h2-7H,1H3,(H3,13,16,18)/b15-7+. The van der Waals surface area contributed by atoms with E-state index in [0.717, 1.165) is 22.2 Å². The molecule has 0 amide bonds. The molecule has 0 fully saturated rings. The quantitative estimate of drug-likeness (QED) is 0.496. The maximum absolute atomic E-state index is 5.29. The third-order valence-electron chi connectivity index (χ3n) is 2.36. The van der Waals surface area contributed by atoms with Crippen LogP contribution in [0.4, 0.5) is 0 Å². The van der Waals surface area contributed by atoms with E-state index in [1.165, 1.54) is 0 Å². The van der Waals surface area contributed by atoms with Gasteiger partial charge in [-0.15, -0.1) is 0 Å². The van der Waals surface area contributed by atoms with Gasteiger partial charge in [0.25, 0.3) is 0 Å². The minimum atomic E-state index is 0.127. The number of hydrogen-bond acceptors (Lipinski definition) is 4. The minimum Gasteiger partial charge on any atom is -0.497 e. The summed E-state index contributed by atoms with van der Waals surface area (Å²) in [5.41, 5.74) is 9.58. The number of rotatable bonds is 3. The molecule has 5 nitrogen and oxygen atoms in total. The van der Waals surface area contributed by atoms with Gasteiger partial charge in [0.1, 0.15) is 5.75 Å². The van der Waals surface area contributed by atoms with E-state index in [-0.39, 0.29) is 5.11 Å². The summed E-state index contributed by atoms with van der Waals surface area (Å²) in [6, 6.07) is 7.52. The van der Waals surface area contributed by atoms with Crippen LogP contribution in [0.15, 0.2) is 35.6 Å². The Morgan fingerprint density at radius 1 is 1.50 bits per heavy atom. The first-order chi connectivity index (χ1) is 8.70. The molecule has 6 heteroatoms. The zero-order chi connectivity index (χ0) is 13.0. The Labute approximate surface area is 110 Å². The van der Waals surface area contributed by atoms with Gasteiger partial charge in [-0.25, -0.2) is 0 Å². The highest BCUT2D eigenvalue weighted by molar-refractivity contribution is 7.80. The fourth-order valence-electron chi connectivity index (χ4n) is 1.55. The van der Waals surface area contributed by atoms with Crippen LogP contribution in [0.25, 0.3) is 10.9 Å². The van der Waals surface area contributed by atoms with Crippen LogP contribution in [0.3, 0.4) is 0 Å². The Bertz CT molecular complexity index is 612. The van der Waals surface area contributed by atoms with Crippen molar-refractivity contribution in [2.24, 2.45) is 10.8 Å². The summed E-state index contributed by atoms with van der Waals surface area (Å²) in [6.45, 7) is 0. The molecular weight excluding hydrogens is 248 g/mol. The zero-order valence-electron chi connectivity index (χ0n) is 9.75. The van der Waals surface area contributed by atoms with E-state index in [2.05, 4.69) is 27.7 Å². The lowest BCUT2D eigenvalue weighted by Gasteiger charge is -2.04. The first kappa shape index (κ1) is 12.3. The number of ether oxygens (including phenoxy) is 1. The maximum atomic E-state index is 5.29. The van der Waals surface area contributed by atoms with Crippen molar-refractivity contribution in [2.75, 3.05) is 7.11 Å². The third kappa shape index (κ3) is 2.72. The average molecular weight is 260 g/mol. The molecule has 0 unspecified atom stereocenters. The van der Waals surface area contributed by atoms with Gasteiger partial charge < -0.3 is 10.5 Å². The number of fused-ring (bicyclic) bond motifs is 1. The number of thiocarbonyl (C=S) groups is 1. The number of methoxy groups -OCH3 is 1. The molecule has 18 heavy (non-hydrogen) atoms. The highest BCUT2D eigenvalue weighted by Gasteiger charge is 2.01. The Morgan fingerprint density at radius 3 is 3.06 bits per heavy atom. The normalized spacial score (nSPS) is 10.7. The van der Waals surface area contributed by atoms with Gasteiger partial charge in [-0.05, 0) is 36.5 Å². The molecular formula is C12H12N4OS. The van der Waals surface area contributed by atoms with E-state index in [9.17, 15) is 0 Å². The summed E-state index contributed by atoms with van der Waals surface area (Å²) in [5.74, 6) is 0.771. The summed E-state index contributed by atoms with van der Waals surface area (Å²) in [5, 5.41) is 5.01. The molecule has 0 aliphatic carbocycles. The molecule has 0 saturated carbocycles. The van der Waals surface area contributed by atoms with Gasteiger partial charge in [-0.2, -0.15) is 5.10 Å². The Hall–Kier alpha value is -2.21. The first-order valence-corrected chi connectivity index (χ1v) is 5.63. The van der Waals surface area contributed by atoms with E-state index in [1.54, 1.807) is 19.5 Å². The number of hydrazone groups is 1. The molecule has 92 valence electrons. The van der Waals surface area contributed by atoms with Crippen LogP contribution in [0.1, 0.15) is 5.56 Å². The van der Waals surface area contributed by atoms with Crippen molar-refractivity contribution in [3.63, 3.8) is 0 Å². The summed E-state index contributed by atoms with van der Waals surface area (Å²) in [6.07, 6.45) is 3.36. The lowest BCUT2D eigenvalue weighted by atomic mass is 10.1. The van der Waals surface area contributed by atoms with Crippen molar-refractivity contribution in [3.05, 3.63) is 36.0 Å². The van der Waals surface area contributed by atoms with Crippen LogP contribution in [-0.2, 0) is 0 Å². The average Bonchev–Trinajstić information content (AvgIpc) is 2.38. The van der Waals surface area contributed by atoms with Gasteiger partial charge in [0.05, 0.1) is 18.8 Å². The van der Waals surface area contributed by atoms with Crippen LogP contribution in [0.2, 0.25) is 0 Å². The smallest absolute Gasteiger partial charge is 0.184 e. The maximum Gasteiger partial charge on any atom is 0.184 e. The molecule has 2 aromatic rings. The Kier molecular flexibility index (Phi) is 3.69. The third-order valence-corrected chi connectivity index (χ3v) is 2.45. The van der Waals surface area contributed by atoms with Crippen LogP contribution >= 0.6 is 12.2 Å². The molecule has 0 spiro atoms. The van der Waals surface area contributed by atoms with Crippen molar-refractivity contribution >= 4 is 34.4 Å². The summed E-state index contributed by atoms with van der Waals surface area (Å²) >= 11 is 4.67. The molecule has 0 saturated heterocycles. The topological polar surface area (TPSA) is 72.5 Å². The van der Waals surface area contributed by atoms with E-state index in [0.29, 0.717) is 0 Å². The van der Waals surface area contributed by atoms with Crippen molar-refractivity contribution < 1.29 is 4.74 Å². The highest BCUT2D eigenvalue weighted by atomic mass is 32.1. The van der Waals surface area contributed by atoms with Crippen molar-refractivity contribution in [1.82, 2.24) is 10.4 Å². The largest absolute Gasteiger partial charge is 0.497 e. The second kappa shape index (κ2) is 5.42. The number of pyridine rings is 1. The van der Waals surface area contributed by atoms with Gasteiger partial charge in [-0.1, -0.05) is 0 Å². The minimum absolute atomic E-state index is 0.127. The van der Waals surface area contributed by atoms with E-state index in [1.807, 2.05) is 24.3 Å². The second-order valence-electron chi connectivity index (χ2n) is 3.52. The molecule has 1 aromatic heterocycles. The van der Waals surface area contributed by atoms with Crippen LogP contribution in [-0.4, -0.2) is 23.4 Å². The molecule has 0 radical (unpaired) electrons. The van der Waals surface area contributed by atoms with E-state index in [4.69, 9.17) is 10.5 Å².